The molecule has 5 heteroatoms. The molecule has 2 aromatic rings. The quantitative estimate of drug-likeness (QED) is 0.729. The Morgan fingerprint density at radius 2 is 1.79 bits per heavy atom. The van der Waals surface area contributed by atoms with Gasteiger partial charge in [0, 0.05) is 54.9 Å². The van der Waals surface area contributed by atoms with Crippen molar-refractivity contribution < 1.29 is 4.79 Å². The summed E-state index contributed by atoms with van der Waals surface area (Å²) in [6.45, 7) is 5.34. The van der Waals surface area contributed by atoms with Gasteiger partial charge in [0.2, 0.25) is 5.91 Å². The van der Waals surface area contributed by atoms with Gasteiger partial charge in [0.05, 0.1) is 0 Å². The van der Waals surface area contributed by atoms with Gasteiger partial charge in [-0.05, 0) is 82.0 Å². The number of rotatable bonds is 7. The predicted octanol–water partition coefficient (Wildman–Crippen LogP) is 3.79. The standard InChI is InChI=1S/C24H32N4O/c1-19-7-12-24(29)28(19)23-10-8-22(9-11-23)27-17-13-21(14-18-27)26-16-4-6-20-5-2-3-15-25-20/h2-3,5,8-11,15,19,21,26H,4,6-7,12-14,16-18H2,1H3/t19-/m1/s1. The molecular weight excluding hydrogens is 360 g/mol. The van der Waals surface area contributed by atoms with Crippen molar-refractivity contribution in [1.82, 2.24) is 10.3 Å². The Balaban J connectivity index is 1.21. The van der Waals surface area contributed by atoms with Crippen molar-refractivity contribution >= 4 is 17.3 Å². The molecule has 0 radical (unpaired) electrons. The molecule has 1 aromatic heterocycles. The van der Waals surface area contributed by atoms with Crippen LogP contribution in [0, 0.1) is 0 Å². The maximum atomic E-state index is 12.1. The average molecular weight is 393 g/mol. The number of piperidine rings is 1. The van der Waals surface area contributed by atoms with E-state index < -0.39 is 0 Å². The van der Waals surface area contributed by atoms with Crippen LogP contribution in [0.4, 0.5) is 11.4 Å². The third kappa shape index (κ3) is 4.96. The Kier molecular flexibility index (Phi) is 6.45. The highest BCUT2D eigenvalue weighted by atomic mass is 16.2. The lowest BCUT2D eigenvalue weighted by Crippen LogP contribution is -2.42. The smallest absolute Gasteiger partial charge is 0.227 e. The number of aromatic nitrogens is 1. The predicted molar refractivity (Wildman–Crippen MR) is 118 cm³/mol. The van der Waals surface area contributed by atoms with Gasteiger partial charge in [-0.25, -0.2) is 0 Å². The molecule has 4 rings (SSSR count). The average Bonchev–Trinajstić information content (AvgIpc) is 3.11. The first-order valence-electron chi connectivity index (χ1n) is 11.0. The number of amides is 1. The van der Waals surface area contributed by atoms with E-state index in [1.165, 1.54) is 24.2 Å². The van der Waals surface area contributed by atoms with Gasteiger partial charge in [0.15, 0.2) is 0 Å². The van der Waals surface area contributed by atoms with Gasteiger partial charge in [0.25, 0.3) is 0 Å². The van der Waals surface area contributed by atoms with E-state index in [4.69, 9.17) is 0 Å². The first kappa shape index (κ1) is 19.9. The van der Waals surface area contributed by atoms with Gasteiger partial charge in [0.1, 0.15) is 0 Å². The zero-order chi connectivity index (χ0) is 20.1. The molecule has 2 fully saturated rings. The monoisotopic (exact) mass is 392 g/mol. The Hall–Kier alpha value is -2.40. The summed E-state index contributed by atoms with van der Waals surface area (Å²) in [5, 5.41) is 3.72. The van der Waals surface area contributed by atoms with Gasteiger partial charge in [-0.2, -0.15) is 0 Å². The lowest BCUT2D eigenvalue weighted by molar-refractivity contribution is -0.117. The number of pyridine rings is 1. The Morgan fingerprint density at radius 1 is 1.03 bits per heavy atom. The van der Waals surface area contributed by atoms with Gasteiger partial charge in [-0.15, -0.1) is 0 Å². The van der Waals surface area contributed by atoms with Crippen LogP contribution in [0.3, 0.4) is 0 Å². The van der Waals surface area contributed by atoms with Crippen molar-refractivity contribution in [3.63, 3.8) is 0 Å². The van der Waals surface area contributed by atoms with Crippen molar-refractivity contribution in [3.05, 3.63) is 54.4 Å². The Bertz CT molecular complexity index is 784. The van der Waals surface area contributed by atoms with Gasteiger partial charge < -0.3 is 15.1 Å². The number of anilines is 2. The molecule has 5 nitrogen and oxygen atoms in total. The van der Waals surface area contributed by atoms with Gasteiger partial charge in [-0.3, -0.25) is 9.78 Å². The molecular formula is C24H32N4O. The molecule has 0 aliphatic carbocycles. The molecule has 2 saturated heterocycles. The van der Waals surface area contributed by atoms with E-state index >= 15 is 0 Å². The summed E-state index contributed by atoms with van der Waals surface area (Å²) >= 11 is 0. The first-order valence-corrected chi connectivity index (χ1v) is 11.0. The molecule has 1 atom stereocenters. The van der Waals surface area contributed by atoms with Crippen molar-refractivity contribution in [2.75, 3.05) is 29.4 Å². The normalized spacial score (nSPS) is 20.4. The molecule has 154 valence electrons. The van der Waals surface area contributed by atoms with Gasteiger partial charge >= 0.3 is 0 Å². The summed E-state index contributed by atoms with van der Waals surface area (Å²) < 4.78 is 0. The lowest BCUT2D eigenvalue weighted by Gasteiger charge is -2.34. The van der Waals surface area contributed by atoms with E-state index in [0.29, 0.717) is 18.5 Å². The van der Waals surface area contributed by atoms with E-state index in [9.17, 15) is 4.79 Å². The SMILES string of the molecule is C[C@@H]1CCC(=O)N1c1ccc(N2CCC(NCCCc3ccccn3)CC2)cc1. The molecule has 29 heavy (non-hydrogen) atoms. The fourth-order valence-corrected chi connectivity index (χ4v) is 4.51. The van der Waals surface area contributed by atoms with Crippen molar-refractivity contribution in [2.24, 2.45) is 0 Å². The number of nitrogens with zero attached hydrogens (tertiary/aromatic N) is 3. The van der Waals surface area contributed by atoms with Gasteiger partial charge in [-0.1, -0.05) is 6.07 Å². The molecule has 0 saturated carbocycles. The van der Waals surface area contributed by atoms with Crippen LogP contribution >= 0.6 is 0 Å². The summed E-state index contributed by atoms with van der Waals surface area (Å²) in [4.78, 5) is 20.9. The zero-order valence-electron chi connectivity index (χ0n) is 17.4. The molecule has 2 aliphatic heterocycles. The van der Waals surface area contributed by atoms with Crippen LogP contribution in [0.5, 0.6) is 0 Å². The maximum Gasteiger partial charge on any atom is 0.227 e. The molecule has 0 spiro atoms. The van der Waals surface area contributed by atoms with Crippen molar-refractivity contribution in [1.29, 1.82) is 0 Å². The van der Waals surface area contributed by atoms with E-state index in [0.717, 1.165) is 44.6 Å². The highest BCUT2D eigenvalue weighted by Gasteiger charge is 2.28. The number of hydrogen-bond acceptors (Lipinski definition) is 4. The molecule has 1 amide bonds. The molecule has 3 heterocycles. The number of hydrogen-bond donors (Lipinski definition) is 1. The number of carbonyl (C=O) groups is 1. The van der Waals surface area contributed by atoms with Crippen LogP contribution in [0.2, 0.25) is 0 Å². The van der Waals surface area contributed by atoms with Crippen LogP contribution in [0.1, 0.15) is 44.7 Å². The van der Waals surface area contributed by atoms with E-state index in [2.05, 4.69) is 58.5 Å². The molecule has 1 N–H and O–H groups in total. The second-order valence-electron chi connectivity index (χ2n) is 8.31. The Morgan fingerprint density at radius 3 is 2.45 bits per heavy atom. The summed E-state index contributed by atoms with van der Waals surface area (Å²) in [7, 11) is 0. The minimum absolute atomic E-state index is 0.250. The number of carbonyl (C=O) groups excluding carboxylic acids is 1. The maximum absolute atomic E-state index is 12.1. The summed E-state index contributed by atoms with van der Waals surface area (Å²) in [5.41, 5.74) is 3.48. The number of nitrogens with one attached hydrogen (secondary N) is 1. The topological polar surface area (TPSA) is 48.5 Å². The van der Waals surface area contributed by atoms with E-state index in [-0.39, 0.29) is 5.91 Å². The second-order valence-corrected chi connectivity index (χ2v) is 8.31. The minimum atomic E-state index is 0.250. The number of benzene rings is 1. The molecule has 0 unspecified atom stereocenters. The van der Waals surface area contributed by atoms with Crippen LogP contribution in [0.25, 0.3) is 0 Å². The van der Waals surface area contributed by atoms with Crippen molar-refractivity contribution in [3.8, 4) is 0 Å². The third-order valence-corrected chi connectivity index (χ3v) is 6.24. The molecule has 0 bridgehead atoms. The summed E-state index contributed by atoms with van der Waals surface area (Å²) in [6.07, 6.45) is 8.02. The lowest BCUT2D eigenvalue weighted by atomic mass is 10.0. The fourth-order valence-electron chi connectivity index (χ4n) is 4.51. The highest BCUT2D eigenvalue weighted by Crippen LogP contribution is 2.29. The summed E-state index contributed by atoms with van der Waals surface area (Å²) in [6, 6.07) is 15.6. The zero-order valence-corrected chi connectivity index (χ0v) is 17.4. The Labute approximate surface area is 174 Å². The van der Waals surface area contributed by atoms with Crippen LogP contribution in [0.15, 0.2) is 48.7 Å². The largest absolute Gasteiger partial charge is 0.371 e. The van der Waals surface area contributed by atoms with Crippen molar-refractivity contribution in [2.45, 2.75) is 57.5 Å². The van der Waals surface area contributed by atoms with Crippen LogP contribution < -0.4 is 15.1 Å². The highest BCUT2D eigenvalue weighted by molar-refractivity contribution is 5.96. The minimum Gasteiger partial charge on any atom is -0.371 e. The van der Waals surface area contributed by atoms with E-state index in [1.807, 2.05) is 17.2 Å². The van der Waals surface area contributed by atoms with Crippen LogP contribution in [-0.4, -0.2) is 42.6 Å². The fraction of sp³-hybridized carbons (Fsp3) is 0.500. The molecule has 1 aromatic carbocycles. The van der Waals surface area contributed by atoms with E-state index in [1.54, 1.807) is 0 Å². The second kappa shape index (κ2) is 9.40. The number of aryl methyl sites for hydroxylation is 1. The molecule has 2 aliphatic rings. The summed E-state index contributed by atoms with van der Waals surface area (Å²) in [5.74, 6) is 0.250. The third-order valence-electron chi connectivity index (χ3n) is 6.24. The first-order chi connectivity index (χ1) is 14.2. The van der Waals surface area contributed by atoms with Crippen LogP contribution in [-0.2, 0) is 11.2 Å².